The summed E-state index contributed by atoms with van der Waals surface area (Å²) in [4.78, 5) is 30.6. The van der Waals surface area contributed by atoms with E-state index in [0.29, 0.717) is 30.8 Å². The highest BCUT2D eigenvalue weighted by Gasteiger charge is 2.22. The molecule has 1 aliphatic carbocycles. The lowest BCUT2D eigenvalue weighted by Gasteiger charge is -2.26. The van der Waals surface area contributed by atoms with Crippen LogP contribution in [0.15, 0.2) is 36.4 Å². The molecule has 5 rings (SSSR count). The molecule has 0 amide bonds. The number of nitrogens with zero attached hydrogens (tertiary/aromatic N) is 2. The van der Waals surface area contributed by atoms with Crippen molar-refractivity contribution in [3.05, 3.63) is 58.7 Å². The Morgan fingerprint density at radius 1 is 0.535 bits per heavy atom. The number of ether oxygens (including phenoxy) is 2. The first-order valence-electron chi connectivity index (χ1n) is 17.2. The molecule has 0 spiro atoms. The maximum atomic E-state index is 12.7. The number of piperidine rings is 2. The standard InChI is InChI=1S/C37H52N2O4/c40-36(42-25-13-3-1-7-19-38-21-9-5-10-22-38)30-15-17-34-32(27-30)29-33-28-31(16-18-35(33)34)37(41)43-26-14-4-2-8-20-39-23-11-6-12-24-39/h15-18,27-28H,1-14,19-26,29H2. The maximum absolute atomic E-state index is 12.7. The van der Waals surface area contributed by atoms with Gasteiger partial charge in [-0.15, -0.1) is 0 Å². The minimum absolute atomic E-state index is 0.247. The summed E-state index contributed by atoms with van der Waals surface area (Å²) in [6, 6.07) is 11.7. The average Bonchev–Trinajstić information content (AvgIpc) is 3.41. The quantitative estimate of drug-likeness (QED) is 0.126. The number of carbonyl (C=O) groups is 2. The second kappa shape index (κ2) is 17.0. The molecule has 6 nitrogen and oxygen atoms in total. The van der Waals surface area contributed by atoms with Gasteiger partial charge in [-0.3, -0.25) is 0 Å². The van der Waals surface area contributed by atoms with Crippen LogP contribution < -0.4 is 0 Å². The van der Waals surface area contributed by atoms with Crippen molar-refractivity contribution in [2.75, 3.05) is 52.5 Å². The summed E-state index contributed by atoms with van der Waals surface area (Å²) in [6.45, 7) is 8.41. The number of carbonyl (C=O) groups excluding carboxylic acids is 2. The fraction of sp³-hybridized carbons (Fsp3) is 0.622. The molecule has 2 aliphatic heterocycles. The van der Waals surface area contributed by atoms with Gasteiger partial charge in [0.2, 0.25) is 0 Å². The van der Waals surface area contributed by atoms with E-state index in [9.17, 15) is 9.59 Å². The predicted molar refractivity (Wildman–Crippen MR) is 173 cm³/mol. The van der Waals surface area contributed by atoms with Crippen molar-refractivity contribution < 1.29 is 19.1 Å². The highest BCUT2D eigenvalue weighted by molar-refractivity contribution is 5.93. The van der Waals surface area contributed by atoms with Gasteiger partial charge in [-0.25, -0.2) is 9.59 Å². The fourth-order valence-electron chi connectivity index (χ4n) is 6.91. The minimum atomic E-state index is -0.247. The number of likely N-dealkylation sites (tertiary alicyclic amines) is 2. The van der Waals surface area contributed by atoms with Gasteiger partial charge in [0.05, 0.1) is 24.3 Å². The molecule has 0 radical (unpaired) electrons. The van der Waals surface area contributed by atoms with E-state index >= 15 is 0 Å². The molecule has 0 saturated carbocycles. The van der Waals surface area contributed by atoms with Crippen LogP contribution in [-0.4, -0.2) is 74.2 Å². The molecule has 2 aromatic carbocycles. The summed E-state index contributed by atoms with van der Waals surface area (Å²) < 4.78 is 11.2. The van der Waals surface area contributed by atoms with E-state index in [1.807, 2.05) is 36.4 Å². The third-order valence-corrected chi connectivity index (χ3v) is 9.45. The summed E-state index contributed by atoms with van der Waals surface area (Å²) in [5.74, 6) is -0.495. The zero-order valence-corrected chi connectivity index (χ0v) is 26.3. The van der Waals surface area contributed by atoms with Crippen molar-refractivity contribution in [1.82, 2.24) is 9.80 Å². The topological polar surface area (TPSA) is 59.1 Å². The number of hydrogen-bond acceptors (Lipinski definition) is 6. The second-order valence-electron chi connectivity index (χ2n) is 12.8. The van der Waals surface area contributed by atoms with Crippen LogP contribution >= 0.6 is 0 Å². The molecular formula is C37H52N2O4. The Kier molecular flexibility index (Phi) is 12.5. The van der Waals surface area contributed by atoms with Gasteiger partial charge in [0, 0.05) is 0 Å². The Hall–Kier alpha value is -2.70. The molecule has 2 fully saturated rings. The van der Waals surface area contributed by atoms with Gasteiger partial charge in [0.25, 0.3) is 0 Å². The summed E-state index contributed by atoms with van der Waals surface area (Å²) >= 11 is 0. The summed E-state index contributed by atoms with van der Waals surface area (Å²) in [5, 5.41) is 0. The molecule has 0 aromatic heterocycles. The number of fused-ring (bicyclic) bond motifs is 3. The first kappa shape index (κ1) is 31.7. The molecule has 0 unspecified atom stereocenters. The Morgan fingerprint density at radius 3 is 1.40 bits per heavy atom. The minimum Gasteiger partial charge on any atom is -0.462 e. The molecule has 2 saturated heterocycles. The lowest BCUT2D eigenvalue weighted by molar-refractivity contribution is 0.0488. The van der Waals surface area contributed by atoms with Gasteiger partial charge >= 0.3 is 11.9 Å². The van der Waals surface area contributed by atoms with Crippen LogP contribution in [0.2, 0.25) is 0 Å². The van der Waals surface area contributed by atoms with E-state index in [4.69, 9.17) is 9.47 Å². The van der Waals surface area contributed by atoms with Crippen LogP contribution in [0.3, 0.4) is 0 Å². The van der Waals surface area contributed by atoms with Crippen molar-refractivity contribution in [3.63, 3.8) is 0 Å². The highest BCUT2D eigenvalue weighted by Crippen LogP contribution is 2.37. The molecule has 2 heterocycles. The van der Waals surface area contributed by atoms with Gasteiger partial charge in [0.15, 0.2) is 0 Å². The predicted octanol–water partition coefficient (Wildman–Crippen LogP) is 7.66. The first-order chi connectivity index (χ1) is 21.2. The van der Waals surface area contributed by atoms with Crippen molar-refractivity contribution >= 4 is 11.9 Å². The van der Waals surface area contributed by atoms with Crippen LogP contribution in [0, 0.1) is 0 Å². The van der Waals surface area contributed by atoms with Gasteiger partial charge < -0.3 is 19.3 Å². The number of rotatable bonds is 16. The lowest BCUT2D eigenvalue weighted by atomic mass is 10.0. The monoisotopic (exact) mass is 588 g/mol. The SMILES string of the molecule is O=C(OCCCCCCN1CCCCC1)c1ccc2c(c1)Cc1cc(C(=O)OCCCCCCN3CCCCC3)ccc1-2. The number of unbranched alkanes of at least 4 members (excludes halogenated alkanes) is 6. The molecule has 2 aromatic rings. The zero-order valence-electron chi connectivity index (χ0n) is 26.3. The third-order valence-electron chi connectivity index (χ3n) is 9.45. The fourth-order valence-corrected chi connectivity index (χ4v) is 6.91. The van der Waals surface area contributed by atoms with E-state index in [-0.39, 0.29) is 11.9 Å². The van der Waals surface area contributed by atoms with Crippen LogP contribution in [0.1, 0.15) is 122 Å². The molecule has 6 heteroatoms. The normalized spacial score (nSPS) is 16.9. The van der Waals surface area contributed by atoms with Crippen LogP contribution in [0.4, 0.5) is 0 Å². The van der Waals surface area contributed by atoms with Crippen molar-refractivity contribution in [1.29, 1.82) is 0 Å². The van der Waals surface area contributed by atoms with E-state index in [2.05, 4.69) is 9.80 Å². The van der Waals surface area contributed by atoms with Gasteiger partial charge in [0.1, 0.15) is 0 Å². The van der Waals surface area contributed by atoms with Crippen molar-refractivity contribution in [3.8, 4) is 11.1 Å². The van der Waals surface area contributed by atoms with Crippen LogP contribution in [0.25, 0.3) is 11.1 Å². The highest BCUT2D eigenvalue weighted by atomic mass is 16.5. The Labute approximate surface area is 259 Å². The molecule has 3 aliphatic rings. The van der Waals surface area contributed by atoms with E-state index in [0.717, 1.165) is 47.9 Å². The van der Waals surface area contributed by atoms with Gasteiger partial charge in [-0.2, -0.15) is 0 Å². The molecular weight excluding hydrogens is 536 g/mol. The molecule has 0 N–H and O–H groups in total. The van der Waals surface area contributed by atoms with Crippen molar-refractivity contribution in [2.24, 2.45) is 0 Å². The number of benzene rings is 2. The first-order valence-corrected chi connectivity index (χ1v) is 17.2. The van der Waals surface area contributed by atoms with E-state index < -0.39 is 0 Å². The molecule has 234 valence electrons. The zero-order chi connectivity index (χ0) is 29.7. The smallest absolute Gasteiger partial charge is 0.338 e. The van der Waals surface area contributed by atoms with Gasteiger partial charge in [-0.1, -0.05) is 50.7 Å². The Bertz CT molecular complexity index is 1090. The molecule has 0 bridgehead atoms. The molecule has 43 heavy (non-hydrogen) atoms. The van der Waals surface area contributed by atoms with Crippen molar-refractivity contribution in [2.45, 2.75) is 96.3 Å². The van der Waals surface area contributed by atoms with Crippen LogP contribution in [-0.2, 0) is 15.9 Å². The van der Waals surface area contributed by atoms with E-state index in [1.54, 1.807) is 0 Å². The van der Waals surface area contributed by atoms with E-state index in [1.165, 1.54) is 103 Å². The third kappa shape index (κ3) is 9.64. The average molecular weight is 589 g/mol. The lowest BCUT2D eigenvalue weighted by Crippen LogP contribution is -2.30. The number of esters is 2. The summed E-state index contributed by atoms with van der Waals surface area (Å²) in [7, 11) is 0. The largest absolute Gasteiger partial charge is 0.462 e. The molecule has 0 atom stereocenters. The summed E-state index contributed by atoms with van der Waals surface area (Å²) in [5.41, 5.74) is 5.68. The van der Waals surface area contributed by atoms with Crippen LogP contribution in [0.5, 0.6) is 0 Å². The van der Waals surface area contributed by atoms with Gasteiger partial charge in [-0.05, 0) is 144 Å². The number of hydrogen-bond donors (Lipinski definition) is 0. The maximum Gasteiger partial charge on any atom is 0.338 e. The second-order valence-corrected chi connectivity index (χ2v) is 12.8. The Balaban J connectivity index is 0.979. The Morgan fingerprint density at radius 2 is 0.953 bits per heavy atom. The summed E-state index contributed by atoms with van der Waals surface area (Å²) in [6.07, 6.45) is 17.8.